The normalized spacial score (nSPS) is 38.4. The molecule has 10 atom stereocenters. The largest absolute Gasteiger partial charge is 0.480 e. The zero-order chi connectivity index (χ0) is 27.8. The lowest BCUT2D eigenvalue weighted by molar-refractivity contribution is -0.275. The van der Waals surface area contributed by atoms with Gasteiger partial charge in [0.15, 0.2) is 0 Å². The SMILES string of the molecule is CCC1C(COCC(=O)O)OC(COCC2C(COCC(=O)O)OC(C)(COC)C(O)C2O)C(O)C1O. The molecule has 14 heteroatoms. The van der Waals surface area contributed by atoms with Crippen molar-refractivity contribution in [3.8, 4) is 0 Å². The van der Waals surface area contributed by atoms with Crippen LogP contribution in [-0.2, 0) is 38.0 Å². The van der Waals surface area contributed by atoms with Gasteiger partial charge in [-0.05, 0) is 13.3 Å². The van der Waals surface area contributed by atoms with Gasteiger partial charge in [0.2, 0.25) is 0 Å². The Labute approximate surface area is 215 Å². The van der Waals surface area contributed by atoms with Gasteiger partial charge in [-0.3, -0.25) is 0 Å². The smallest absolute Gasteiger partial charge is 0.329 e. The van der Waals surface area contributed by atoms with Crippen LogP contribution in [0.4, 0.5) is 0 Å². The van der Waals surface area contributed by atoms with Gasteiger partial charge in [0.1, 0.15) is 37.1 Å². The van der Waals surface area contributed by atoms with Crippen molar-refractivity contribution < 1.29 is 68.6 Å². The zero-order valence-electron chi connectivity index (χ0n) is 21.3. The van der Waals surface area contributed by atoms with Crippen LogP contribution in [0.5, 0.6) is 0 Å². The van der Waals surface area contributed by atoms with Gasteiger partial charge in [0.25, 0.3) is 0 Å². The van der Waals surface area contributed by atoms with Crippen LogP contribution in [0.1, 0.15) is 20.3 Å². The Morgan fingerprint density at radius 2 is 1.35 bits per heavy atom. The summed E-state index contributed by atoms with van der Waals surface area (Å²) in [5, 5.41) is 60.3. The standard InChI is InChI=1S/C23H40O14/c1-4-12-14(6-34-9-17(24)25)36-16(21(30)19(12)28)8-33-5-13-15(7-35-10-18(26)27)37-23(2,11-32-3)22(31)20(13)29/h12-16,19-22,28-31H,4-11H2,1-3H3,(H,24,25)(H,26,27). The molecule has 37 heavy (non-hydrogen) atoms. The molecule has 0 aliphatic carbocycles. The first-order valence-corrected chi connectivity index (χ1v) is 12.2. The van der Waals surface area contributed by atoms with E-state index >= 15 is 0 Å². The molecule has 6 N–H and O–H groups in total. The number of carbonyl (C=O) groups is 2. The van der Waals surface area contributed by atoms with Gasteiger partial charge in [-0.1, -0.05) is 6.92 Å². The Hall–Kier alpha value is -1.46. The highest BCUT2D eigenvalue weighted by atomic mass is 16.6. The number of hydrogen-bond acceptors (Lipinski definition) is 12. The van der Waals surface area contributed by atoms with Crippen LogP contribution in [0.3, 0.4) is 0 Å². The van der Waals surface area contributed by atoms with E-state index in [2.05, 4.69) is 0 Å². The Kier molecular flexibility index (Phi) is 12.6. The number of carboxylic acid groups (broad SMARTS) is 2. The van der Waals surface area contributed by atoms with Gasteiger partial charge in [0, 0.05) is 18.9 Å². The second-order valence-corrected chi connectivity index (χ2v) is 9.62. The average Bonchev–Trinajstić information content (AvgIpc) is 2.82. The molecule has 0 amide bonds. The van der Waals surface area contributed by atoms with Crippen LogP contribution in [0.15, 0.2) is 0 Å². The second kappa shape index (κ2) is 14.6. The van der Waals surface area contributed by atoms with E-state index in [9.17, 15) is 30.0 Å². The van der Waals surface area contributed by atoms with Crippen molar-refractivity contribution in [2.75, 3.05) is 53.4 Å². The lowest BCUT2D eigenvalue weighted by Crippen LogP contribution is -2.64. The summed E-state index contributed by atoms with van der Waals surface area (Å²) in [5.41, 5.74) is -1.28. The van der Waals surface area contributed by atoms with E-state index in [1.807, 2.05) is 0 Å². The van der Waals surface area contributed by atoms with Crippen molar-refractivity contribution in [2.45, 2.75) is 68.6 Å². The summed E-state index contributed by atoms with van der Waals surface area (Å²) in [4.78, 5) is 21.6. The van der Waals surface area contributed by atoms with Crippen LogP contribution < -0.4 is 0 Å². The molecule has 0 aromatic heterocycles. The van der Waals surface area contributed by atoms with Crippen molar-refractivity contribution in [3.05, 3.63) is 0 Å². The zero-order valence-corrected chi connectivity index (χ0v) is 21.3. The van der Waals surface area contributed by atoms with E-state index in [4.69, 9.17) is 38.6 Å². The Bertz CT molecular complexity index is 722. The fourth-order valence-electron chi connectivity index (χ4n) is 4.84. The maximum Gasteiger partial charge on any atom is 0.329 e. The third-order valence-corrected chi connectivity index (χ3v) is 6.79. The molecule has 0 aromatic carbocycles. The molecule has 2 saturated heterocycles. The van der Waals surface area contributed by atoms with E-state index in [0.717, 1.165) is 0 Å². The maximum atomic E-state index is 10.8. The third kappa shape index (κ3) is 8.51. The van der Waals surface area contributed by atoms with Crippen molar-refractivity contribution >= 4 is 11.9 Å². The minimum absolute atomic E-state index is 0.0435. The lowest BCUT2D eigenvalue weighted by atomic mass is 9.81. The number of hydrogen-bond donors (Lipinski definition) is 6. The number of carboxylic acids is 2. The summed E-state index contributed by atoms with van der Waals surface area (Å²) in [5.74, 6) is -3.66. The van der Waals surface area contributed by atoms with Crippen LogP contribution >= 0.6 is 0 Å². The molecule has 2 rings (SSSR count). The molecule has 216 valence electrons. The quantitative estimate of drug-likeness (QED) is 0.131. The molecular formula is C23H40O14. The summed E-state index contributed by atoms with van der Waals surface area (Å²) in [6.07, 6.45) is -7.22. The molecule has 2 heterocycles. The molecule has 2 fully saturated rings. The monoisotopic (exact) mass is 540 g/mol. The minimum atomic E-state index is -1.35. The Morgan fingerprint density at radius 1 is 0.784 bits per heavy atom. The van der Waals surface area contributed by atoms with Gasteiger partial charge < -0.3 is 59.1 Å². The van der Waals surface area contributed by atoms with Crippen LogP contribution in [-0.4, -0.2) is 144 Å². The number of aliphatic carboxylic acids is 2. The highest BCUT2D eigenvalue weighted by Crippen LogP contribution is 2.35. The highest BCUT2D eigenvalue weighted by Gasteiger charge is 2.51. The number of ether oxygens (including phenoxy) is 6. The molecule has 0 bridgehead atoms. The van der Waals surface area contributed by atoms with E-state index in [1.54, 1.807) is 13.8 Å². The van der Waals surface area contributed by atoms with E-state index in [1.165, 1.54) is 7.11 Å². The summed E-state index contributed by atoms with van der Waals surface area (Å²) < 4.78 is 33.0. The van der Waals surface area contributed by atoms with Gasteiger partial charge in [-0.25, -0.2) is 9.59 Å². The molecule has 2 aliphatic rings. The molecule has 0 spiro atoms. The summed E-state index contributed by atoms with van der Waals surface area (Å²) in [6.45, 7) is 1.49. The average molecular weight is 541 g/mol. The first kappa shape index (κ1) is 31.8. The predicted octanol–water partition coefficient (Wildman–Crippen LogP) is -2.14. The van der Waals surface area contributed by atoms with Gasteiger partial charge in [-0.2, -0.15) is 0 Å². The fourth-order valence-corrected chi connectivity index (χ4v) is 4.84. The third-order valence-electron chi connectivity index (χ3n) is 6.79. The molecule has 14 nitrogen and oxygen atoms in total. The van der Waals surface area contributed by atoms with Crippen molar-refractivity contribution in [1.82, 2.24) is 0 Å². The Balaban J connectivity index is 2.04. The first-order chi connectivity index (χ1) is 17.4. The Morgan fingerprint density at radius 3 is 1.89 bits per heavy atom. The van der Waals surface area contributed by atoms with Crippen molar-refractivity contribution in [1.29, 1.82) is 0 Å². The van der Waals surface area contributed by atoms with E-state index in [0.29, 0.717) is 6.42 Å². The molecule has 2 aliphatic heterocycles. The number of methoxy groups -OCH3 is 1. The number of rotatable bonds is 15. The predicted molar refractivity (Wildman–Crippen MR) is 123 cm³/mol. The fraction of sp³-hybridized carbons (Fsp3) is 0.913. The highest BCUT2D eigenvalue weighted by molar-refractivity contribution is 5.68. The van der Waals surface area contributed by atoms with E-state index in [-0.39, 0.29) is 33.0 Å². The first-order valence-electron chi connectivity index (χ1n) is 12.2. The number of aliphatic hydroxyl groups excluding tert-OH is 4. The minimum Gasteiger partial charge on any atom is -0.480 e. The van der Waals surface area contributed by atoms with Crippen molar-refractivity contribution in [3.63, 3.8) is 0 Å². The summed E-state index contributed by atoms with van der Waals surface area (Å²) >= 11 is 0. The van der Waals surface area contributed by atoms with Crippen LogP contribution in [0.25, 0.3) is 0 Å². The van der Waals surface area contributed by atoms with Crippen LogP contribution in [0, 0.1) is 11.8 Å². The van der Waals surface area contributed by atoms with Gasteiger partial charge >= 0.3 is 11.9 Å². The summed E-state index contributed by atoms with van der Waals surface area (Å²) in [7, 11) is 1.41. The van der Waals surface area contributed by atoms with Crippen LogP contribution in [0.2, 0.25) is 0 Å². The topological polar surface area (TPSA) is 211 Å². The van der Waals surface area contributed by atoms with Crippen molar-refractivity contribution in [2.24, 2.45) is 11.8 Å². The molecule has 10 unspecified atom stereocenters. The van der Waals surface area contributed by atoms with Gasteiger partial charge in [-0.15, -0.1) is 0 Å². The summed E-state index contributed by atoms with van der Waals surface area (Å²) in [6, 6.07) is 0. The molecule has 0 radical (unpaired) electrons. The molecule has 0 aromatic rings. The maximum absolute atomic E-state index is 10.8. The molecular weight excluding hydrogens is 500 g/mol. The molecule has 0 saturated carbocycles. The second-order valence-electron chi connectivity index (χ2n) is 9.62. The number of aliphatic hydroxyl groups is 4. The lowest BCUT2D eigenvalue weighted by Gasteiger charge is -2.48. The van der Waals surface area contributed by atoms with E-state index < -0.39 is 85.3 Å². The van der Waals surface area contributed by atoms with Gasteiger partial charge in [0.05, 0.1) is 57.5 Å².